The summed E-state index contributed by atoms with van der Waals surface area (Å²) in [5, 5.41) is 0. The van der Waals surface area contributed by atoms with E-state index in [-0.39, 0.29) is 0 Å². The Hall–Kier alpha value is -1.81. The fourth-order valence-corrected chi connectivity index (χ4v) is 2.95. The molecular weight excluding hydrogens is 248 g/mol. The van der Waals surface area contributed by atoms with Crippen LogP contribution in [0.3, 0.4) is 0 Å². The Morgan fingerprint density at radius 1 is 1.15 bits per heavy atom. The van der Waals surface area contributed by atoms with Crippen molar-refractivity contribution >= 4 is 0 Å². The first-order chi connectivity index (χ1) is 9.90. The average molecular weight is 268 g/mol. The van der Waals surface area contributed by atoms with Crippen molar-refractivity contribution in [2.24, 2.45) is 5.92 Å². The first kappa shape index (κ1) is 13.2. The normalized spacial score (nSPS) is 19.9. The van der Waals surface area contributed by atoms with E-state index in [0.29, 0.717) is 0 Å². The summed E-state index contributed by atoms with van der Waals surface area (Å²) in [6, 6.07) is 4.20. The third-order valence-corrected chi connectivity index (χ3v) is 3.85. The highest BCUT2D eigenvalue weighted by molar-refractivity contribution is 5.09. The maximum Gasteiger partial charge on any atom is 0.0726 e. The Bertz CT molecular complexity index is 467. The molecule has 2 aromatic heterocycles. The van der Waals surface area contributed by atoms with Gasteiger partial charge in [0.05, 0.1) is 5.69 Å². The summed E-state index contributed by atoms with van der Waals surface area (Å²) < 4.78 is 0. The number of likely N-dealkylation sites (tertiary alicyclic amines) is 1. The van der Waals surface area contributed by atoms with Gasteiger partial charge in [-0.15, -0.1) is 0 Å². The molecule has 0 N–H and O–H groups in total. The predicted octanol–water partition coefficient (Wildman–Crippen LogP) is 2.33. The maximum absolute atomic E-state index is 4.37. The Morgan fingerprint density at radius 3 is 2.90 bits per heavy atom. The molecule has 20 heavy (non-hydrogen) atoms. The van der Waals surface area contributed by atoms with Crippen LogP contribution in [0.15, 0.2) is 43.1 Å². The standard InChI is InChI=1S/C16H20N4/c1-3-14(10-17-5-1)9-15-4-2-8-20(12-15)13-16-11-18-6-7-19-16/h1,3,5-7,10-11,15H,2,4,8-9,12-13H2. The van der Waals surface area contributed by atoms with E-state index in [1.54, 1.807) is 12.4 Å². The van der Waals surface area contributed by atoms with E-state index in [1.165, 1.54) is 24.9 Å². The van der Waals surface area contributed by atoms with Crippen LogP contribution in [-0.2, 0) is 13.0 Å². The van der Waals surface area contributed by atoms with Crippen molar-refractivity contribution in [1.82, 2.24) is 19.9 Å². The summed E-state index contributed by atoms with van der Waals surface area (Å²) in [6.45, 7) is 3.23. The number of piperidine rings is 1. The van der Waals surface area contributed by atoms with Gasteiger partial charge in [-0.3, -0.25) is 19.9 Å². The Labute approximate surface area is 119 Å². The molecule has 1 fully saturated rings. The lowest BCUT2D eigenvalue weighted by atomic mass is 9.92. The van der Waals surface area contributed by atoms with E-state index in [9.17, 15) is 0 Å². The van der Waals surface area contributed by atoms with Crippen LogP contribution in [0.1, 0.15) is 24.1 Å². The quantitative estimate of drug-likeness (QED) is 0.853. The summed E-state index contributed by atoms with van der Waals surface area (Å²) >= 11 is 0. The highest BCUT2D eigenvalue weighted by atomic mass is 15.1. The topological polar surface area (TPSA) is 41.9 Å². The lowest BCUT2D eigenvalue weighted by Crippen LogP contribution is -2.36. The first-order valence-electron chi connectivity index (χ1n) is 7.26. The van der Waals surface area contributed by atoms with Crippen molar-refractivity contribution in [3.63, 3.8) is 0 Å². The number of nitrogens with zero attached hydrogens (tertiary/aromatic N) is 4. The monoisotopic (exact) mass is 268 g/mol. The van der Waals surface area contributed by atoms with Crippen molar-refractivity contribution in [1.29, 1.82) is 0 Å². The fourth-order valence-electron chi connectivity index (χ4n) is 2.95. The highest BCUT2D eigenvalue weighted by Crippen LogP contribution is 2.21. The zero-order chi connectivity index (χ0) is 13.6. The molecule has 1 atom stereocenters. The van der Waals surface area contributed by atoms with Crippen molar-refractivity contribution in [2.75, 3.05) is 13.1 Å². The molecule has 0 saturated carbocycles. The zero-order valence-electron chi connectivity index (χ0n) is 11.7. The average Bonchev–Trinajstić information content (AvgIpc) is 2.50. The summed E-state index contributed by atoms with van der Waals surface area (Å²) in [6.07, 6.45) is 12.9. The Morgan fingerprint density at radius 2 is 2.10 bits per heavy atom. The lowest BCUT2D eigenvalue weighted by molar-refractivity contribution is 0.165. The molecule has 3 rings (SSSR count). The molecule has 1 aliphatic heterocycles. The predicted molar refractivity (Wildman–Crippen MR) is 78.0 cm³/mol. The smallest absolute Gasteiger partial charge is 0.0726 e. The molecular formula is C16H20N4. The van der Waals surface area contributed by atoms with Gasteiger partial charge in [0.25, 0.3) is 0 Å². The molecule has 3 heterocycles. The van der Waals surface area contributed by atoms with Gasteiger partial charge in [-0.2, -0.15) is 0 Å². The largest absolute Gasteiger partial charge is 0.297 e. The molecule has 1 saturated heterocycles. The number of hydrogen-bond donors (Lipinski definition) is 0. The van der Waals surface area contributed by atoms with Crippen molar-refractivity contribution < 1.29 is 0 Å². The molecule has 1 unspecified atom stereocenters. The first-order valence-corrected chi connectivity index (χ1v) is 7.26. The molecule has 0 radical (unpaired) electrons. The molecule has 104 valence electrons. The Balaban J connectivity index is 1.57. The third-order valence-electron chi connectivity index (χ3n) is 3.85. The van der Waals surface area contributed by atoms with Crippen LogP contribution in [-0.4, -0.2) is 32.9 Å². The zero-order valence-corrected chi connectivity index (χ0v) is 11.7. The van der Waals surface area contributed by atoms with E-state index in [0.717, 1.165) is 31.1 Å². The summed E-state index contributed by atoms with van der Waals surface area (Å²) in [5.74, 6) is 0.727. The lowest BCUT2D eigenvalue weighted by Gasteiger charge is -2.32. The second kappa shape index (κ2) is 6.57. The van der Waals surface area contributed by atoms with Crippen molar-refractivity contribution in [2.45, 2.75) is 25.8 Å². The van der Waals surface area contributed by atoms with Gasteiger partial charge in [0.15, 0.2) is 0 Å². The minimum absolute atomic E-state index is 0.727. The van der Waals surface area contributed by atoms with E-state index in [2.05, 4.69) is 25.9 Å². The van der Waals surface area contributed by atoms with Crippen LogP contribution < -0.4 is 0 Å². The van der Waals surface area contributed by atoms with E-state index in [1.807, 2.05) is 24.7 Å². The van der Waals surface area contributed by atoms with Crippen LogP contribution in [0.2, 0.25) is 0 Å². The second-order valence-corrected chi connectivity index (χ2v) is 5.51. The van der Waals surface area contributed by atoms with Crippen LogP contribution in [0.25, 0.3) is 0 Å². The molecule has 0 spiro atoms. The molecule has 0 aliphatic carbocycles. The van der Waals surface area contributed by atoms with Crippen LogP contribution in [0, 0.1) is 5.92 Å². The molecule has 1 aliphatic rings. The molecule has 0 aromatic carbocycles. The van der Waals surface area contributed by atoms with Crippen LogP contribution in [0.5, 0.6) is 0 Å². The van der Waals surface area contributed by atoms with Gasteiger partial charge in [-0.1, -0.05) is 6.07 Å². The number of hydrogen-bond acceptors (Lipinski definition) is 4. The summed E-state index contributed by atoms with van der Waals surface area (Å²) in [4.78, 5) is 15.2. The second-order valence-electron chi connectivity index (χ2n) is 5.51. The van der Waals surface area contributed by atoms with Crippen molar-refractivity contribution in [3.8, 4) is 0 Å². The van der Waals surface area contributed by atoms with Gasteiger partial charge in [0.2, 0.25) is 0 Å². The van der Waals surface area contributed by atoms with E-state index < -0.39 is 0 Å². The molecule has 0 amide bonds. The minimum Gasteiger partial charge on any atom is -0.297 e. The summed E-state index contributed by atoms with van der Waals surface area (Å²) in [7, 11) is 0. The fraction of sp³-hybridized carbons (Fsp3) is 0.438. The van der Waals surface area contributed by atoms with Gasteiger partial charge in [0, 0.05) is 44.1 Å². The van der Waals surface area contributed by atoms with Gasteiger partial charge in [-0.05, 0) is 43.4 Å². The molecule has 0 bridgehead atoms. The van der Waals surface area contributed by atoms with E-state index in [4.69, 9.17) is 0 Å². The minimum atomic E-state index is 0.727. The van der Waals surface area contributed by atoms with Gasteiger partial charge >= 0.3 is 0 Å². The molecule has 2 aromatic rings. The highest BCUT2D eigenvalue weighted by Gasteiger charge is 2.20. The maximum atomic E-state index is 4.37. The number of rotatable bonds is 4. The third kappa shape index (κ3) is 3.61. The number of aromatic nitrogens is 3. The van der Waals surface area contributed by atoms with Crippen LogP contribution in [0.4, 0.5) is 0 Å². The molecule has 4 heteroatoms. The van der Waals surface area contributed by atoms with Crippen LogP contribution >= 0.6 is 0 Å². The molecule has 4 nitrogen and oxygen atoms in total. The Kier molecular flexibility index (Phi) is 4.33. The summed E-state index contributed by atoms with van der Waals surface area (Å²) in [5.41, 5.74) is 2.41. The number of pyridine rings is 1. The SMILES string of the molecule is c1cncc(CC2CCCN(Cc3cnccn3)C2)c1. The van der Waals surface area contributed by atoms with E-state index >= 15 is 0 Å². The van der Waals surface area contributed by atoms with Gasteiger partial charge in [-0.25, -0.2) is 0 Å². The van der Waals surface area contributed by atoms with Gasteiger partial charge < -0.3 is 0 Å². The van der Waals surface area contributed by atoms with Crippen molar-refractivity contribution in [3.05, 3.63) is 54.4 Å². The van der Waals surface area contributed by atoms with Gasteiger partial charge in [0.1, 0.15) is 0 Å².